The molecule has 0 aliphatic heterocycles. The van der Waals surface area contributed by atoms with Crippen molar-refractivity contribution < 1.29 is 20.2 Å². The van der Waals surface area contributed by atoms with E-state index in [9.17, 15) is 25.4 Å². The molecule has 0 bridgehead atoms. The van der Waals surface area contributed by atoms with Gasteiger partial charge < -0.3 is 21.1 Å². The van der Waals surface area contributed by atoms with Gasteiger partial charge in [-0.2, -0.15) is 0 Å². The summed E-state index contributed by atoms with van der Waals surface area (Å²) in [4.78, 5) is 9.74. The molecule has 0 radical (unpaired) electrons. The summed E-state index contributed by atoms with van der Waals surface area (Å²) in [7, 11) is 0. The van der Waals surface area contributed by atoms with Crippen LogP contribution >= 0.6 is 0 Å². The summed E-state index contributed by atoms with van der Waals surface area (Å²) in [6.07, 6.45) is -2.52. The number of nitro benzene ring substituents is 1. The van der Waals surface area contributed by atoms with Gasteiger partial charge in [-0.05, 0) is 11.6 Å². The number of benzene rings is 1. The van der Waals surface area contributed by atoms with E-state index in [4.69, 9.17) is 5.73 Å². The maximum absolute atomic E-state index is 10.5. The van der Waals surface area contributed by atoms with Crippen molar-refractivity contribution in [3.63, 3.8) is 0 Å². The summed E-state index contributed by atoms with van der Waals surface area (Å²) >= 11 is 0. The first-order valence-electron chi connectivity index (χ1n) is 4.51. The molecule has 0 saturated carbocycles. The minimum atomic E-state index is -1.32. The molecule has 7 nitrogen and oxygen atoms in total. The Morgan fingerprint density at radius 1 is 1.44 bits per heavy atom. The van der Waals surface area contributed by atoms with E-state index in [1.165, 1.54) is 6.07 Å². The number of aliphatic hydroxyl groups is 2. The number of hydrogen-bond acceptors (Lipinski definition) is 6. The van der Waals surface area contributed by atoms with Crippen molar-refractivity contribution in [3.05, 3.63) is 33.9 Å². The predicted octanol–water partition coefficient (Wildman–Crippen LogP) is -0.347. The van der Waals surface area contributed by atoms with Crippen molar-refractivity contribution in [3.8, 4) is 5.75 Å². The van der Waals surface area contributed by atoms with Gasteiger partial charge in [0.2, 0.25) is 0 Å². The van der Waals surface area contributed by atoms with E-state index >= 15 is 0 Å². The Morgan fingerprint density at radius 3 is 2.56 bits per heavy atom. The van der Waals surface area contributed by atoms with Gasteiger partial charge in [0.05, 0.1) is 11.0 Å². The third kappa shape index (κ3) is 2.45. The smallest absolute Gasteiger partial charge is 0.311 e. The summed E-state index contributed by atoms with van der Waals surface area (Å²) in [5, 5.41) is 38.5. The summed E-state index contributed by atoms with van der Waals surface area (Å²) < 4.78 is 0. The monoisotopic (exact) mass is 228 g/mol. The van der Waals surface area contributed by atoms with E-state index in [1.807, 2.05) is 0 Å². The van der Waals surface area contributed by atoms with Crippen LogP contribution < -0.4 is 5.73 Å². The second kappa shape index (κ2) is 4.88. The summed E-state index contributed by atoms with van der Waals surface area (Å²) in [5.74, 6) is -0.497. The molecule has 0 aromatic heterocycles. The highest BCUT2D eigenvalue weighted by Gasteiger charge is 2.21. The third-order valence-electron chi connectivity index (χ3n) is 2.14. The highest BCUT2D eigenvalue weighted by Crippen LogP contribution is 2.29. The van der Waals surface area contributed by atoms with Crippen molar-refractivity contribution in [1.82, 2.24) is 0 Å². The first-order chi connectivity index (χ1) is 7.47. The number of aliphatic hydroxyl groups excluding tert-OH is 2. The number of rotatable bonds is 4. The molecule has 88 valence electrons. The zero-order valence-corrected chi connectivity index (χ0v) is 8.28. The molecule has 0 amide bonds. The molecular formula is C9H12N2O5. The number of nitro groups is 1. The molecule has 0 aliphatic rings. The number of hydrogen-bond donors (Lipinski definition) is 4. The average Bonchev–Trinajstić information content (AvgIpc) is 2.27. The fourth-order valence-corrected chi connectivity index (χ4v) is 1.22. The molecule has 0 heterocycles. The number of phenols is 1. The molecule has 0 fully saturated rings. The second-order valence-corrected chi connectivity index (χ2v) is 3.25. The van der Waals surface area contributed by atoms with Gasteiger partial charge in [-0.1, -0.05) is 6.07 Å². The van der Waals surface area contributed by atoms with E-state index in [0.29, 0.717) is 0 Å². The molecule has 1 aromatic rings. The van der Waals surface area contributed by atoms with Crippen LogP contribution in [0.4, 0.5) is 5.69 Å². The first-order valence-corrected chi connectivity index (χ1v) is 4.51. The van der Waals surface area contributed by atoms with Crippen LogP contribution in [-0.2, 0) is 0 Å². The van der Waals surface area contributed by atoms with E-state index in [2.05, 4.69) is 0 Å². The summed E-state index contributed by atoms with van der Waals surface area (Å²) in [6.45, 7) is -0.171. The summed E-state index contributed by atoms with van der Waals surface area (Å²) in [6, 6.07) is 3.37. The quantitative estimate of drug-likeness (QED) is 0.411. The van der Waals surface area contributed by atoms with Crippen LogP contribution in [0.1, 0.15) is 11.7 Å². The van der Waals surface area contributed by atoms with E-state index in [0.717, 1.165) is 12.1 Å². The lowest BCUT2D eigenvalue weighted by Crippen LogP contribution is -2.27. The molecule has 2 atom stereocenters. The SMILES string of the molecule is NCC(O)C(O)c1ccc(O)c([N+](=O)[O-])c1. The summed E-state index contributed by atoms with van der Waals surface area (Å²) in [5.41, 5.74) is 4.74. The fraction of sp³-hybridized carbons (Fsp3) is 0.333. The fourth-order valence-electron chi connectivity index (χ4n) is 1.22. The largest absolute Gasteiger partial charge is 0.502 e. The Bertz CT molecular complexity index is 395. The zero-order valence-electron chi connectivity index (χ0n) is 8.28. The molecule has 5 N–H and O–H groups in total. The Hall–Kier alpha value is -1.70. The van der Waals surface area contributed by atoms with Crippen LogP contribution in [0, 0.1) is 10.1 Å². The molecule has 7 heteroatoms. The topological polar surface area (TPSA) is 130 Å². The lowest BCUT2D eigenvalue weighted by molar-refractivity contribution is -0.386. The van der Waals surface area contributed by atoms with Gasteiger partial charge in [0, 0.05) is 12.6 Å². The van der Waals surface area contributed by atoms with Crippen LogP contribution in [0.5, 0.6) is 5.75 Å². The van der Waals surface area contributed by atoms with Crippen molar-refractivity contribution in [2.45, 2.75) is 12.2 Å². The van der Waals surface area contributed by atoms with E-state index in [-0.39, 0.29) is 12.1 Å². The van der Waals surface area contributed by atoms with Gasteiger partial charge in [-0.25, -0.2) is 0 Å². The van der Waals surface area contributed by atoms with Gasteiger partial charge in [0.25, 0.3) is 0 Å². The molecule has 0 saturated heterocycles. The standard InChI is InChI=1S/C9H12N2O5/c10-4-8(13)9(14)5-1-2-7(12)6(3-5)11(15)16/h1-3,8-9,12-14H,4,10H2. The Labute approximate surface area is 90.9 Å². The van der Waals surface area contributed by atoms with Crippen molar-refractivity contribution in [2.24, 2.45) is 5.73 Å². The van der Waals surface area contributed by atoms with Crippen LogP contribution in [0.3, 0.4) is 0 Å². The Kier molecular flexibility index (Phi) is 3.78. The molecule has 1 rings (SSSR count). The van der Waals surface area contributed by atoms with Crippen molar-refractivity contribution >= 4 is 5.69 Å². The van der Waals surface area contributed by atoms with Crippen molar-refractivity contribution in [2.75, 3.05) is 6.54 Å². The Morgan fingerprint density at radius 2 is 2.06 bits per heavy atom. The number of aromatic hydroxyl groups is 1. The van der Waals surface area contributed by atoms with Crippen LogP contribution in [0.15, 0.2) is 18.2 Å². The third-order valence-corrected chi connectivity index (χ3v) is 2.14. The molecular weight excluding hydrogens is 216 g/mol. The number of phenolic OH excluding ortho intramolecular Hbond substituents is 1. The normalized spacial score (nSPS) is 14.4. The minimum absolute atomic E-state index is 0.127. The first kappa shape index (κ1) is 12.4. The number of nitrogens with two attached hydrogens (primary N) is 1. The second-order valence-electron chi connectivity index (χ2n) is 3.25. The highest BCUT2D eigenvalue weighted by molar-refractivity contribution is 5.48. The molecule has 0 spiro atoms. The maximum Gasteiger partial charge on any atom is 0.311 e. The minimum Gasteiger partial charge on any atom is -0.502 e. The van der Waals surface area contributed by atoms with Crippen LogP contribution in [-0.4, -0.2) is 32.9 Å². The Balaban J connectivity index is 3.07. The lowest BCUT2D eigenvalue weighted by atomic mass is 10.0. The van der Waals surface area contributed by atoms with Gasteiger partial charge in [0.15, 0.2) is 5.75 Å². The van der Waals surface area contributed by atoms with Gasteiger partial charge in [-0.3, -0.25) is 10.1 Å². The van der Waals surface area contributed by atoms with Gasteiger partial charge in [0.1, 0.15) is 6.10 Å². The van der Waals surface area contributed by atoms with E-state index in [1.54, 1.807) is 0 Å². The van der Waals surface area contributed by atoms with Crippen molar-refractivity contribution in [1.29, 1.82) is 0 Å². The molecule has 2 unspecified atom stereocenters. The van der Waals surface area contributed by atoms with Gasteiger partial charge in [-0.15, -0.1) is 0 Å². The van der Waals surface area contributed by atoms with Crippen LogP contribution in [0.25, 0.3) is 0 Å². The predicted molar refractivity (Wildman–Crippen MR) is 54.8 cm³/mol. The average molecular weight is 228 g/mol. The molecule has 0 aliphatic carbocycles. The zero-order chi connectivity index (χ0) is 12.3. The number of nitrogens with zero attached hydrogens (tertiary/aromatic N) is 1. The highest BCUT2D eigenvalue weighted by atomic mass is 16.6. The van der Waals surface area contributed by atoms with E-state index < -0.39 is 28.6 Å². The maximum atomic E-state index is 10.5. The lowest BCUT2D eigenvalue weighted by Gasteiger charge is -2.16. The van der Waals surface area contributed by atoms with Crippen LogP contribution in [0.2, 0.25) is 0 Å². The molecule has 1 aromatic carbocycles. The molecule has 16 heavy (non-hydrogen) atoms. The van der Waals surface area contributed by atoms with Gasteiger partial charge >= 0.3 is 5.69 Å².